The van der Waals surface area contributed by atoms with Gasteiger partial charge in [0.25, 0.3) is 5.91 Å². The van der Waals surface area contributed by atoms with Gasteiger partial charge in [-0.15, -0.1) is 0 Å². The topological polar surface area (TPSA) is 70.5 Å². The van der Waals surface area contributed by atoms with Crippen LogP contribution in [0.15, 0.2) is 12.1 Å². The number of amides is 1. The standard InChI is InChI=1S/C14H18N2O3/c1-8-4-5-9(2)16(8)13(17)12-7-6-11(14(18)19)10(3)15-12/h6-9H,4-5H2,1-3H3,(H,18,19). The molecule has 102 valence electrons. The summed E-state index contributed by atoms with van der Waals surface area (Å²) in [7, 11) is 0. The largest absolute Gasteiger partial charge is 0.478 e. The first kappa shape index (κ1) is 13.5. The van der Waals surface area contributed by atoms with E-state index in [9.17, 15) is 9.59 Å². The smallest absolute Gasteiger partial charge is 0.337 e. The third-order valence-corrected chi connectivity index (χ3v) is 3.72. The van der Waals surface area contributed by atoms with Crippen LogP contribution in [0.25, 0.3) is 0 Å². The van der Waals surface area contributed by atoms with Crippen LogP contribution in [0.5, 0.6) is 0 Å². The van der Waals surface area contributed by atoms with Gasteiger partial charge in [-0.05, 0) is 45.7 Å². The van der Waals surface area contributed by atoms with E-state index in [1.807, 2.05) is 18.7 Å². The molecule has 0 bridgehead atoms. The Morgan fingerprint density at radius 3 is 2.32 bits per heavy atom. The van der Waals surface area contributed by atoms with Crippen LogP contribution in [-0.4, -0.2) is 39.0 Å². The van der Waals surface area contributed by atoms with Gasteiger partial charge in [0.15, 0.2) is 0 Å². The summed E-state index contributed by atoms with van der Waals surface area (Å²) in [5.41, 5.74) is 0.833. The Kier molecular flexibility index (Phi) is 3.55. The summed E-state index contributed by atoms with van der Waals surface area (Å²) in [6.07, 6.45) is 2.00. The second kappa shape index (κ2) is 4.99. The van der Waals surface area contributed by atoms with Crippen molar-refractivity contribution in [2.45, 2.75) is 45.7 Å². The molecule has 1 aliphatic rings. The zero-order chi connectivity index (χ0) is 14.2. The van der Waals surface area contributed by atoms with Crippen molar-refractivity contribution in [1.29, 1.82) is 0 Å². The van der Waals surface area contributed by atoms with Gasteiger partial charge in [-0.3, -0.25) is 4.79 Å². The molecule has 0 spiro atoms. The highest BCUT2D eigenvalue weighted by Crippen LogP contribution is 2.25. The lowest BCUT2D eigenvalue weighted by atomic mass is 10.1. The minimum absolute atomic E-state index is 0.113. The third-order valence-electron chi connectivity index (χ3n) is 3.72. The van der Waals surface area contributed by atoms with Crippen molar-refractivity contribution in [3.63, 3.8) is 0 Å². The summed E-state index contributed by atoms with van der Waals surface area (Å²) >= 11 is 0. The number of carbonyl (C=O) groups is 2. The van der Waals surface area contributed by atoms with E-state index in [1.54, 1.807) is 6.92 Å². The summed E-state index contributed by atoms with van der Waals surface area (Å²) in [5, 5.41) is 8.96. The Morgan fingerprint density at radius 1 is 1.26 bits per heavy atom. The van der Waals surface area contributed by atoms with Crippen molar-refractivity contribution in [2.75, 3.05) is 0 Å². The average molecular weight is 262 g/mol. The number of pyridine rings is 1. The Hall–Kier alpha value is -1.91. The molecule has 0 saturated carbocycles. The summed E-state index contributed by atoms with van der Waals surface area (Å²) in [6, 6.07) is 3.37. The molecular formula is C14H18N2O3. The number of aryl methyl sites for hydroxylation is 1. The van der Waals surface area contributed by atoms with Crippen LogP contribution in [0.2, 0.25) is 0 Å². The van der Waals surface area contributed by atoms with Crippen LogP contribution >= 0.6 is 0 Å². The summed E-state index contributed by atoms with van der Waals surface area (Å²) in [6.45, 7) is 5.66. The lowest BCUT2D eigenvalue weighted by molar-refractivity contribution is 0.0674. The molecule has 2 heterocycles. The molecule has 1 aromatic rings. The Balaban J connectivity index is 2.30. The molecule has 1 aliphatic heterocycles. The van der Waals surface area contributed by atoms with Crippen LogP contribution in [-0.2, 0) is 0 Å². The van der Waals surface area contributed by atoms with Gasteiger partial charge < -0.3 is 10.0 Å². The van der Waals surface area contributed by atoms with Crippen LogP contribution in [0, 0.1) is 6.92 Å². The van der Waals surface area contributed by atoms with Gasteiger partial charge in [-0.2, -0.15) is 0 Å². The molecule has 2 rings (SSSR count). The predicted octanol–water partition coefficient (Wildman–Crippen LogP) is 2.10. The maximum absolute atomic E-state index is 12.4. The van der Waals surface area contributed by atoms with E-state index in [4.69, 9.17) is 5.11 Å². The minimum Gasteiger partial charge on any atom is -0.478 e. The van der Waals surface area contributed by atoms with Crippen molar-refractivity contribution >= 4 is 11.9 Å². The molecule has 0 aromatic carbocycles. The lowest BCUT2D eigenvalue weighted by Crippen LogP contribution is -2.39. The molecule has 1 fully saturated rings. The van der Waals surface area contributed by atoms with E-state index in [-0.39, 0.29) is 23.6 Å². The summed E-state index contributed by atoms with van der Waals surface area (Å²) < 4.78 is 0. The van der Waals surface area contributed by atoms with Crippen molar-refractivity contribution in [1.82, 2.24) is 9.88 Å². The van der Waals surface area contributed by atoms with E-state index >= 15 is 0 Å². The number of hydrogen-bond donors (Lipinski definition) is 1. The Labute approximate surface area is 112 Å². The quantitative estimate of drug-likeness (QED) is 0.886. The fourth-order valence-corrected chi connectivity index (χ4v) is 2.63. The highest BCUT2D eigenvalue weighted by Gasteiger charge is 2.32. The van der Waals surface area contributed by atoms with Crippen molar-refractivity contribution in [3.8, 4) is 0 Å². The SMILES string of the molecule is Cc1nc(C(=O)N2C(C)CCC2C)ccc1C(=O)O. The van der Waals surface area contributed by atoms with Crippen LogP contribution < -0.4 is 0 Å². The van der Waals surface area contributed by atoms with E-state index in [2.05, 4.69) is 4.98 Å². The van der Waals surface area contributed by atoms with Gasteiger partial charge in [0.2, 0.25) is 0 Å². The molecule has 5 heteroatoms. The molecule has 19 heavy (non-hydrogen) atoms. The van der Waals surface area contributed by atoms with Crippen molar-refractivity contribution in [3.05, 3.63) is 29.1 Å². The van der Waals surface area contributed by atoms with E-state index in [0.717, 1.165) is 12.8 Å². The number of carboxylic acids is 1. The van der Waals surface area contributed by atoms with E-state index in [1.165, 1.54) is 12.1 Å². The zero-order valence-corrected chi connectivity index (χ0v) is 11.4. The number of rotatable bonds is 2. The lowest BCUT2D eigenvalue weighted by Gasteiger charge is -2.26. The molecule has 1 saturated heterocycles. The van der Waals surface area contributed by atoms with Crippen LogP contribution in [0.3, 0.4) is 0 Å². The zero-order valence-electron chi connectivity index (χ0n) is 11.4. The van der Waals surface area contributed by atoms with Gasteiger partial charge in [-0.1, -0.05) is 0 Å². The number of hydrogen-bond acceptors (Lipinski definition) is 3. The van der Waals surface area contributed by atoms with Gasteiger partial charge in [-0.25, -0.2) is 9.78 Å². The average Bonchev–Trinajstić information content (AvgIpc) is 2.67. The van der Waals surface area contributed by atoms with E-state index in [0.29, 0.717) is 11.4 Å². The highest BCUT2D eigenvalue weighted by atomic mass is 16.4. The fraction of sp³-hybridized carbons (Fsp3) is 0.500. The first-order chi connectivity index (χ1) is 8.91. The summed E-state index contributed by atoms with van der Waals surface area (Å²) in [4.78, 5) is 29.3. The second-order valence-corrected chi connectivity index (χ2v) is 5.12. The first-order valence-corrected chi connectivity index (χ1v) is 6.45. The molecule has 0 radical (unpaired) electrons. The molecule has 1 amide bonds. The van der Waals surface area contributed by atoms with Gasteiger partial charge in [0, 0.05) is 12.1 Å². The number of carbonyl (C=O) groups excluding carboxylic acids is 1. The third kappa shape index (κ3) is 2.45. The van der Waals surface area contributed by atoms with E-state index < -0.39 is 5.97 Å². The maximum atomic E-state index is 12.4. The van der Waals surface area contributed by atoms with Gasteiger partial charge >= 0.3 is 5.97 Å². The number of aromatic carboxylic acids is 1. The summed E-state index contributed by atoms with van der Waals surface area (Å²) in [5.74, 6) is -1.13. The predicted molar refractivity (Wildman–Crippen MR) is 70.3 cm³/mol. The van der Waals surface area contributed by atoms with Crippen molar-refractivity contribution in [2.24, 2.45) is 0 Å². The second-order valence-electron chi connectivity index (χ2n) is 5.12. The first-order valence-electron chi connectivity index (χ1n) is 6.45. The number of nitrogens with zero attached hydrogens (tertiary/aromatic N) is 2. The van der Waals surface area contributed by atoms with Gasteiger partial charge in [0.1, 0.15) is 5.69 Å². The maximum Gasteiger partial charge on any atom is 0.337 e. The fourth-order valence-electron chi connectivity index (χ4n) is 2.63. The molecule has 5 nitrogen and oxygen atoms in total. The molecule has 2 atom stereocenters. The minimum atomic E-state index is -1.02. The van der Waals surface area contributed by atoms with Crippen LogP contribution in [0.1, 0.15) is 53.2 Å². The number of aromatic nitrogens is 1. The normalized spacial score (nSPS) is 22.6. The molecule has 0 aliphatic carbocycles. The highest BCUT2D eigenvalue weighted by molar-refractivity contribution is 5.95. The molecular weight excluding hydrogens is 244 g/mol. The molecule has 1 N–H and O–H groups in total. The molecule has 2 unspecified atom stereocenters. The van der Waals surface area contributed by atoms with Crippen molar-refractivity contribution < 1.29 is 14.7 Å². The number of carboxylic acid groups (broad SMARTS) is 1. The number of likely N-dealkylation sites (tertiary alicyclic amines) is 1. The monoisotopic (exact) mass is 262 g/mol. The Bertz CT molecular complexity index is 517. The Morgan fingerprint density at radius 2 is 1.84 bits per heavy atom. The van der Waals surface area contributed by atoms with Gasteiger partial charge in [0.05, 0.1) is 11.3 Å². The molecule has 1 aromatic heterocycles. The van der Waals surface area contributed by atoms with Crippen LogP contribution in [0.4, 0.5) is 0 Å².